The van der Waals surface area contributed by atoms with Crippen LogP contribution in [0, 0.1) is 20.8 Å². The van der Waals surface area contributed by atoms with Crippen LogP contribution in [0.25, 0.3) is 10.9 Å². The van der Waals surface area contributed by atoms with Crippen molar-refractivity contribution in [2.75, 3.05) is 13.6 Å². The fourth-order valence-corrected chi connectivity index (χ4v) is 5.36. The molecule has 5 nitrogen and oxygen atoms in total. The Bertz CT molecular complexity index is 1230. The van der Waals surface area contributed by atoms with Crippen LogP contribution in [0.15, 0.2) is 42.5 Å². The van der Waals surface area contributed by atoms with Crippen LogP contribution in [0.3, 0.4) is 0 Å². The van der Waals surface area contributed by atoms with Crippen LogP contribution in [0.2, 0.25) is 0 Å². The second-order valence-corrected chi connectivity index (χ2v) is 10.3. The maximum atomic E-state index is 13.5. The van der Waals surface area contributed by atoms with E-state index in [1.165, 1.54) is 0 Å². The largest absolute Gasteiger partial charge is 0.493 e. The molecule has 1 amide bonds. The summed E-state index contributed by atoms with van der Waals surface area (Å²) in [6, 6.07) is 14.6. The van der Waals surface area contributed by atoms with Crippen LogP contribution in [-0.4, -0.2) is 51.4 Å². The minimum absolute atomic E-state index is 0.0588. The number of rotatable bonds is 6. The third-order valence-electron chi connectivity index (χ3n) is 7.12. The first kappa shape index (κ1) is 22.1. The summed E-state index contributed by atoms with van der Waals surface area (Å²) in [5.41, 5.74) is 5.46. The molecule has 1 N–H and O–H groups in total. The molecule has 1 saturated heterocycles. The van der Waals surface area contributed by atoms with Gasteiger partial charge in [-0.15, -0.1) is 0 Å². The number of aromatic nitrogens is 1. The molecule has 2 heterocycles. The summed E-state index contributed by atoms with van der Waals surface area (Å²) >= 11 is 0. The lowest BCUT2D eigenvalue weighted by molar-refractivity contribution is 0.0562. The zero-order chi connectivity index (χ0) is 23.3. The van der Waals surface area contributed by atoms with E-state index in [2.05, 4.69) is 52.6 Å². The molecular formula is C27H30N3O2Si. The summed E-state index contributed by atoms with van der Waals surface area (Å²) < 4.78 is 6.13. The van der Waals surface area contributed by atoms with Crippen molar-refractivity contribution in [2.45, 2.75) is 57.3 Å². The first-order valence-corrected chi connectivity index (χ1v) is 12.2. The number of aryl methyl sites for hydroxylation is 3. The summed E-state index contributed by atoms with van der Waals surface area (Å²) in [6.07, 6.45) is 2.96. The molecule has 3 radical (unpaired) electrons. The maximum absolute atomic E-state index is 13.5. The standard InChI is InChI=1S/C27H30N3O2Si/c1-16-13-22(20-8-6-18(3)28-23(20)14-16)27(10-11-27)29-25(31)21-15-19(7-5-17(21)2)32-26(33)24-9-12-30(24)4/h5-8,13-15,24,26H,9-12H2,1-4H3,(H,29,31)/t24-,26?/m0/s1. The first-order chi connectivity index (χ1) is 15.8. The van der Waals surface area contributed by atoms with Gasteiger partial charge in [0.2, 0.25) is 0 Å². The number of hydrogen-bond acceptors (Lipinski definition) is 4. The topological polar surface area (TPSA) is 54.5 Å². The van der Waals surface area contributed by atoms with Crippen LogP contribution in [-0.2, 0) is 5.54 Å². The van der Waals surface area contributed by atoms with Gasteiger partial charge < -0.3 is 15.0 Å². The number of carbonyl (C=O) groups is 1. The fraction of sp³-hybridized carbons (Fsp3) is 0.407. The molecule has 1 unspecified atom stereocenters. The van der Waals surface area contributed by atoms with Crippen LogP contribution in [0.4, 0.5) is 0 Å². The summed E-state index contributed by atoms with van der Waals surface area (Å²) in [6.45, 7) is 7.15. The fourth-order valence-electron chi connectivity index (χ4n) is 4.81. The van der Waals surface area contributed by atoms with Gasteiger partial charge >= 0.3 is 0 Å². The number of nitrogens with one attached hydrogen (secondary N) is 1. The molecule has 1 aromatic heterocycles. The lowest BCUT2D eigenvalue weighted by Crippen LogP contribution is -2.53. The molecule has 1 saturated carbocycles. The van der Waals surface area contributed by atoms with Gasteiger partial charge in [-0.1, -0.05) is 18.2 Å². The van der Waals surface area contributed by atoms with Crippen molar-refractivity contribution in [2.24, 2.45) is 0 Å². The third-order valence-corrected chi connectivity index (χ3v) is 7.62. The van der Waals surface area contributed by atoms with Gasteiger partial charge in [0.1, 0.15) is 5.75 Å². The first-order valence-electron chi connectivity index (χ1n) is 11.7. The highest BCUT2D eigenvalue weighted by atomic mass is 28.1. The maximum Gasteiger partial charge on any atom is 0.252 e. The smallest absolute Gasteiger partial charge is 0.252 e. The van der Waals surface area contributed by atoms with Crippen molar-refractivity contribution in [3.05, 3.63) is 70.4 Å². The number of fused-ring (bicyclic) bond motifs is 1. The summed E-state index contributed by atoms with van der Waals surface area (Å²) in [7, 11) is 5.82. The lowest BCUT2D eigenvalue weighted by Gasteiger charge is -2.41. The molecule has 0 bridgehead atoms. The highest BCUT2D eigenvalue weighted by molar-refractivity contribution is 6.11. The van der Waals surface area contributed by atoms with Crippen molar-refractivity contribution in [3.63, 3.8) is 0 Å². The summed E-state index contributed by atoms with van der Waals surface area (Å²) in [5, 5.41) is 4.48. The second kappa shape index (κ2) is 8.26. The minimum atomic E-state index is -0.339. The van der Waals surface area contributed by atoms with E-state index >= 15 is 0 Å². The van der Waals surface area contributed by atoms with E-state index in [1.807, 2.05) is 38.1 Å². The Balaban J connectivity index is 1.40. The zero-order valence-electron chi connectivity index (χ0n) is 19.7. The van der Waals surface area contributed by atoms with E-state index in [0.29, 0.717) is 17.4 Å². The Labute approximate surface area is 199 Å². The number of carbonyl (C=O) groups excluding carboxylic acids is 1. The number of nitrogens with zero attached hydrogens (tertiary/aromatic N) is 2. The Kier molecular flexibility index (Phi) is 5.53. The second-order valence-electron chi connectivity index (χ2n) is 9.72. The number of ether oxygens (including phenoxy) is 1. The predicted octanol–water partition coefficient (Wildman–Crippen LogP) is 4.16. The van der Waals surface area contributed by atoms with Crippen LogP contribution < -0.4 is 10.1 Å². The van der Waals surface area contributed by atoms with Gasteiger partial charge in [-0.3, -0.25) is 9.78 Å². The van der Waals surface area contributed by atoms with Crippen molar-refractivity contribution < 1.29 is 9.53 Å². The Morgan fingerprint density at radius 3 is 2.64 bits per heavy atom. The average molecular weight is 457 g/mol. The van der Waals surface area contributed by atoms with Gasteiger partial charge in [0, 0.05) is 22.7 Å². The molecular weight excluding hydrogens is 426 g/mol. The molecule has 0 spiro atoms. The Hall–Kier alpha value is -2.70. The summed E-state index contributed by atoms with van der Waals surface area (Å²) in [4.78, 5) is 20.4. The van der Waals surface area contributed by atoms with Gasteiger partial charge in [-0.25, -0.2) is 0 Å². The van der Waals surface area contributed by atoms with E-state index in [1.54, 1.807) is 0 Å². The molecule has 2 atom stereocenters. The Morgan fingerprint density at radius 2 is 1.97 bits per heavy atom. The van der Waals surface area contributed by atoms with E-state index < -0.39 is 0 Å². The van der Waals surface area contributed by atoms with Crippen molar-refractivity contribution in [1.29, 1.82) is 0 Å². The van der Waals surface area contributed by atoms with E-state index in [9.17, 15) is 4.79 Å². The summed E-state index contributed by atoms with van der Waals surface area (Å²) in [5.74, 6) is 0.646. The molecule has 1 aliphatic heterocycles. The SMILES string of the molecule is Cc1cc(C2(NC(=O)c3cc(OC([Si])[C@@H]4CCN4C)ccc3C)CC2)c2ccc(C)nc2c1. The Morgan fingerprint density at radius 1 is 1.18 bits per heavy atom. The van der Waals surface area contributed by atoms with Crippen LogP contribution >= 0.6 is 0 Å². The number of pyridine rings is 1. The third kappa shape index (κ3) is 4.18. The normalized spacial score (nSPS) is 20.2. The number of amides is 1. The van der Waals surface area contributed by atoms with Gasteiger partial charge in [0.05, 0.1) is 27.0 Å². The highest BCUT2D eigenvalue weighted by Gasteiger charge is 2.47. The lowest BCUT2D eigenvalue weighted by atomic mass is 9.96. The van der Waals surface area contributed by atoms with Crippen molar-refractivity contribution >= 4 is 27.1 Å². The molecule has 2 aliphatic rings. The molecule has 33 heavy (non-hydrogen) atoms. The molecule has 1 aliphatic carbocycles. The van der Waals surface area contributed by atoms with Crippen molar-refractivity contribution in [1.82, 2.24) is 15.2 Å². The molecule has 3 aromatic rings. The average Bonchev–Trinajstić information content (AvgIpc) is 3.53. The van der Waals surface area contributed by atoms with Crippen molar-refractivity contribution in [3.8, 4) is 5.75 Å². The zero-order valence-corrected chi connectivity index (χ0v) is 20.7. The number of benzene rings is 2. The molecule has 5 rings (SSSR count). The van der Waals surface area contributed by atoms with E-state index in [-0.39, 0.29) is 17.2 Å². The van der Waals surface area contributed by atoms with Gasteiger partial charge in [0.15, 0.2) is 0 Å². The molecule has 2 fully saturated rings. The molecule has 169 valence electrons. The van der Waals surface area contributed by atoms with Crippen LogP contribution in [0.1, 0.15) is 52.0 Å². The minimum Gasteiger partial charge on any atom is -0.493 e. The quantitative estimate of drug-likeness (QED) is 0.566. The number of hydrogen-bond donors (Lipinski definition) is 1. The van der Waals surface area contributed by atoms with Crippen LogP contribution in [0.5, 0.6) is 5.75 Å². The molecule has 2 aromatic carbocycles. The molecule has 6 heteroatoms. The van der Waals surface area contributed by atoms with Gasteiger partial charge in [0.25, 0.3) is 5.91 Å². The van der Waals surface area contributed by atoms with Gasteiger partial charge in [-0.05, 0) is 94.6 Å². The van der Waals surface area contributed by atoms with E-state index in [4.69, 9.17) is 9.72 Å². The highest BCUT2D eigenvalue weighted by Crippen LogP contribution is 2.48. The predicted molar refractivity (Wildman–Crippen MR) is 132 cm³/mol. The number of likely N-dealkylation sites (N-methyl/N-ethyl adjacent to an activating group) is 1. The number of likely N-dealkylation sites (tertiary alicyclic amines) is 1. The van der Waals surface area contributed by atoms with E-state index in [0.717, 1.165) is 59.1 Å². The van der Waals surface area contributed by atoms with Gasteiger partial charge in [-0.2, -0.15) is 0 Å². The monoisotopic (exact) mass is 456 g/mol.